The fourth-order valence-electron chi connectivity index (χ4n) is 3.15. The lowest BCUT2D eigenvalue weighted by molar-refractivity contribution is -0.123. The van der Waals surface area contributed by atoms with Crippen LogP contribution in [0, 0.1) is 20.8 Å². The van der Waals surface area contributed by atoms with Gasteiger partial charge in [-0.25, -0.2) is 0 Å². The highest BCUT2D eigenvalue weighted by molar-refractivity contribution is 5.87. The molecule has 2 N–H and O–H groups in total. The highest BCUT2D eigenvalue weighted by Crippen LogP contribution is 2.25. The van der Waals surface area contributed by atoms with Gasteiger partial charge in [0.2, 0.25) is 0 Å². The molecule has 0 saturated heterocycles. The van der Waals surface area contributed by atoms with Crippen molar-refractivity contribution in [3.8, 4) is 11.5 Å². The maximum Gasteiger partial charge on any atom is 0.257 e. The van der Waals surface area contributed by atoms with Gasteiger partial charge in [0.25, 0.3) is 11.5 Å². The van der Waals surface area contributed by atoms with E-state index in [0.29, 0.717) is 35.5 Å². The monoisotopic (exact) mass is 394 g/mol. The number of hydrogen-bond acceptors (Lipinski definition) is 4. The zero-order valence-electron chi connectivity index (χ0n) is 17.2. The molecule has 0 bridgehead atoms. The summed E-state index contributed by atoms with van der Waals surface area (Å²) in [7, 11) is 1.58. The van der Waals surface area contributed by atoms with E-state index in [1.54, 1.807) is 7.11 Å². The van der Waals surface area contributed by atoms with E-state index in [2.05, 4.69) is 10.3 Å². The Morgan fingerprint density at radius 1 is 1.03 bits per heavy atom. The first-order valence-corrected chi connectivity index (χ1v) is 9.55. The van der Waals surface area contributed by atoms with Gasteiger partial charge in [0.1, 0.15) is 11.5 Å². The van der Waals surface area contributed by atoms with Crippen molar-refractivity contribution in [3.63, 3.8) is 0 Å². The van der Waals surface area contributed by atoms with Crippen LogP contribution < -0.4 is 20.3 Å². The number of rotatable bonds is 7. The molecule has 6 heteroatoms. The van der Waals surface area contributed by atoms with Crippen molar-refractivity contribution in [2.75, 3.05) is 20.3 Å². The highest BCUT2D eigenvalue weighted by Gasteiger charge is 2.10. The number of H-pyrrole nitrogens is 1. The highest BCUT2D eigenvalue weighted by atomic mass is 16.5. The molecule has 2 aromatic carbocycles. The molecule has 0 radical (unpaired) electrons. The summed E-state index contributed by atoms with van der Waals surface area (Å²) in [6.07, 6.45) is 0.428. The van der Waals surface area contributed by atoms with Crippen LogP contribution in [0.5, 0.6) is 11.5 Å². The zero-order chi connectivity index (χ0) is 21.0. The number of hydrogen-bond donors (Lipinski definition) is 2. The molecule has 0 spiro atoms. The van der Waals surface area contributed by atoms with Gasteiger partial charge in [-0.3, -0.25) is 9.59 Å². The van der Waals surface area contributed by atoms with Crippen LogP contribution in [0.15, 0.2) is 41.2 Å². The van der Waals surface area contributed by atoms with Crippen molar-refractivity contribution in [1.82, 2.24) is 10.3 Å². The first-order chi connectivity index (χ1) is 13.9. The normalized spacial score (nSPS) is 10.8. The van der Waals surface area contributed by atoms with E-state index in [9.17, 15) is 9.59 Å². The molecule has 3 rings (SSSR count). The third kappa shape index (κ3) is 4.77. The van der Waals surface area contributed by atoms with Gasteiger partial charge >= 0.3 is 0 Å². The molecule has 1 heterocycles. The van der Waals surface area contributed by atoms with Crippen LogP contribution >= 0.6 is 0 Å². The number of ether oxygens (including phenoxy) is 2. The molecule has 152 valence electrons. The summed E-state index contributed by atoms with van der Waals surface area (Å²) in [4.78, 5) is 27.4. The van der Waals surface area contributed by atoms with Crippen molar-refractivity contribution in [3.05, 3.63) is 69.0 Å². The van der Waals surface area contributed by atoms with E-state index < -0.39 is 0 Å². The summed E-state index contributed by atoms with van der Waals surface area (Å²) in [6.45, 7) is 6.30. The summed E-state index contributed by atoms with van der Waals surface area (Å²) in [5.74, 6) is 1.07. The SMILES string of the molecule is COc1ccc(C)c2cc(CCNC(=O)COc3ccc(C)c(C)c3)c(=O)[nH]c12. The number of fused-ring (bicyclic) bond motifs is 1. The molecule has 0 atom stereocenters. The van der Waals surface area contributed by atoms with Crippen LogP contribution in [0.25, 0.3) is 10.9 Å². The number of aromatic nitrogens is 1. The van der Waals surface area contributed by atoms with E-state index in [-0.39, 0.29) is 18.1 Å². The summed E-state index contributed by atoms with van der Waals surface area (Å²) >= 11 is 0. The number of aryl methyl sites for hydroxylation is 3. The van der Waals surface area contributed by atoms with E-state index in [0.717, 1.165) is 16.5 Å². The number of pyridine rings is 1. The van der Waals surface area contributed by atoms with Crippen LogP contribution in [0.1, 0.15) is 22.3 Å². The maximum absolute atomic E-state index is 12.4. The smallest absolute Gasteiger partial charge is 0.257 e. The minimum Gasteiger partial charge on any atom is -0.495 e. The quantitative estimate of drug-likeness (QED) is 0.645. The molecule has 6 nitrogen and oxygen atoms in total. The molecule has 1 aromatic heterocycles. The summed E-state index contributed by atoms with van der Waals surface area (Å²) in [6, 6.07) is 11.4. The molecule has 0 saturated carbocycles. The van der Waals surface area contributed by atoms with Crippen LogP contribution in [0.2, 0.25) is 0 Å². The summed E-state index contributed by atoms with van der Waals surface area (Å²) in [5, 5.41) is 3.73. The number of methoxy groups -OCH3 is 1. The Bertz CT molecular complexity index is 1100. The molecule has 3 aromatic rings. The summed E-state index contributed by atoms with van der Waals surface area (Å²) in [5.41, 5.74) is 4.46. The number of carbonyl (C=O) groups excluding carboxylic acids is 1. The van der Waals surface area contributed by atoms with Gasteiger partial charge in [-0.05, 0) is 68.1 Å². The third-order valence-electron chi connectivity index (χ3n) is 5.06. The first kappa shape index (κ1) is 20.5. The van der Waals surface area contributed by atoms with E-state index in [1.807, 2.05) is 57.2 Å². The van der Waals surface area contributed by atoms with Gasteiger partial charge in [-0.2, -0.15) is 0 Å². The molecular weight excluding hydrogens is 368 g/mol. The van der Waals surface area contributed by atoms with Crippen molar-refractivity contribution in [2.24, 2.45) is 0 Å². The van der Waals surface area contributed by atoms with Crippen LogP contribution in [0.3, 0.4) is 0 Å². The minimum atomic E-state index is -0.224. The van der Waals surface area contributed by atoms with Gasteiger partial charge in [-0.1, -0.05) is 12.1 Å². The molecule has 1 amide bonds. The molecule has 29 heavy (non-hydrogen) atoms. The van der Waals surface area contributed by atoms with Crippen LogP contribution in [-0.4, -0.2) is 31.2 Å². The second-order valence-electron chi connectivity index (χ2n) is 7.13. The maximum atomic E-state index is 12.4. The van der Waals surface area contributed by atoms with Gasteiger partial charge in [0, 0.05) is 17.5 Å². The predicted molar refractivity (Wildman–Crippen MR) is 114 cm³/mol. The van der Waals surface area contributed by atoms with Crippen molar-refractivity contribution < 1.29 is 14.3 Å². The second-order valence-corrected chi connectivity index (χ2v) is 7.13. The second kappa shape index (κ2) is 8.82. The number of benzene rings is 2. The van der Waals surface area contributed by atoms with Crippen LogP contribution in [0.4, 0.5) is 0 Å². The van der Waals surface area contributed by atoms with Gasteiger partial charge < -0.3 is 19.8 Å². The lowest BCUT2D eigenvalue weighted by Gasteiger charge is -2.11. The lowest BCUT2D eigenvalue weighted by atomic mass is 10.1. The Labute approximate surface area is 169 Å². The Morgan fingerprint density at radius 3 is 2.52 bits per heavy atom. The average Bonchev–Trinajstić information content (AvgIpc) is 2.70. The Morgan fingerprint density at radius 2 is 1.79 bits per heavy atom. The average molecular weight is 394 g/mol. The lowest BCUT2D eigenvalue weighted by Crippen LogP contribution is -2.31. The number of carbonyl (C=O) groups is 1. The Kier molecular flexibility index (Phi) is 6.22. The van der Waals surface area contributed by atoms with Gasteiger partial charge in [-0.15, -0.1) is 0 Å². The van der Waals surface area contributed by atoms with E-state index in [1.165, 1.54) is 5.56 Å². The zero-order valence-corrected chi connectivity index (χ0v) is 17.2. The molecular formula is C23H26N2O4. The fraction of sp³-hybridized carbons (Fsp3) is 0.304. The van der Waals surface area contributed by atoms with E-state index >= 15 is 0 Å². The minimum absolute atomic E-state index is 0.0626. The van der Waals surface area contributed by atoms with Crippen molar-refractivity contribution in [1.29, 1.82) is 0 Å². The molecule has 0 aliphatic rings. The van der Waals surface area contributed by atoms with Crippen LogP contribution in [-0.2, 0) is 11.2 Å². The summed E-state index contributed by atoms with van der Waals surface area (Å²) < 4.78 is 10.9. The van der Waals surface area contributed by atoms with Gasteiger partial charge in [0.05, 0.1) is 12.6 Å². The molecule has 0 fully saturated rings. The number of aromatic amines is 1. The topological polar surface area (TPSA) is 80.4 Å². The fourth-order valence-corrected chi connectivity index (χ4v) is 3.15. The molecule has 0 unspecified atom stereocenters. The molecule has 0 aliphatic heterocycles. The Balaban J connectivity index is 1.59. The predicted octanol–water partition coefficient (Wildman–Crippen LogP) is 3.20. The third-order valence-corrected chi connectivity index (χ3v) is 5.06. The van der Waals surface area contributed by atoms with Gasteiger partial charge in [0.15, 0.2) is 6.61 Å². The number of amides is 1. The standard InChI is InChI=1S/C23H26N2O4/c1-14-5-7-18(11-16(14)3)29-13-21(26)24-10-9-17-12-19-15(2)6-8-20(28-4)22(19)25-23(17)27/h5-8,11-12H,9-10,13H2,1-4H3,(H,24,26)(H,25,27). The first-order valence-electron chi connectivity index (χ1n) is 9.55. The van der Waals surface area contributed by atoms with E-state index in [4.69, 9.17) is 9.47 Å². The number of nitrogens with one attached hydrogen (secondary N) is 2. The Hall–Kier alpha value is -3.28. The van der Waals surface area contributed by atoms with Crippen molar-refractivity contribution in [2.45, 2.75) is 27.2 Å². The largest absolute Gasteiger partial charge is 0.495 e. The molecule has 0 aliphatic carbocycles. The van der Waals surface area contributed by atoms with Crippen molar-refractivity contribution >= 4 is 16.8 Å².